The smallest absolute Gasteiger partial charge is 0.274 e. The van der Waals surface area contributed by atoms with Crippen LogP contribution in [0.5, 0.6) is 5.75 Å². The fraction of sp³-hybridized carbons (Fsp3) is 0.300. The molecule has 4 nitrogen and oxygen atoms in total. The first kappa shape index (κ1) is 11.5. The minimum absolute atomic E-state index is 0.300. The predicted octanol–water partition coefficient (Wildman–Crippen LogP) is 0.891. The van der Waals surface area contributed by atoms with Crippen LogP contribution in [-0.4, -0.2) is 12.0 Å². The molecule has 15 heavy (non-hydrogen) atoms. The zero-order chi connectivity index (χ0) is 11.4. The van der Waals surface area contributed by atoms with Crippen molar-refractivity contribution in [2.45, 2.75) is 20.0 Å². The third-order valence-corrected chi connectivity index (χ3v) is 1.97. The fourth-order valence-electron chi connectivity index (χ4n) is 1.02. The van der Waals surface area contributed by atoms with Crippen molar-refractivity contribution in [3.05, 3.63) is 29.6 Å². The van der Waals surface area contributed by atoms with Gasteiger partial charge in [-0.2, -0.15) is 0 Å². The maximum absolute atomic E-state index is 13.1. The van der Waals surface area contributed by atoms with E-state index < -0.39 is 12.0 Å². The van der Waals surface area contributed by atoms with Gasteiger partial charge in [0, 0.05) is 6.07 Å². The number of amides is 1. The molecule has 0 saturated carbocycles. The molecule has 0 saturated heterocycles. The average Bonchev–Trinajstić information content (AvgIpc) is 2.22. The van der Waals surface area contributed by atoms with Gasteiger partial charge in [-0.1, -0.05) is 6.07 Å². The lowest BCUT2D eigenvalue weighted by Crippen LogP contribution is -2.40. The molecule has 1 rings (SSSR count). The molecule has 0 aromatic heterocycles. The van der Waals surface area contributed by atoms with Gasteiger partial charge >= 0.3 is 0 Å². The highest BCUT2D eigenvalue weighted by molar-refractivity contribution is 5.80. The van der Waals surface area contributed by atoms with E-state index in [1.165, 1.54) is 13.0 Å². The van der Waals surface area contributed by atoms with Crippen LogP contribution < -0.4 is 16.0 Å². The number of nitrogens with one attached hydrogen (secondary N) is 1. The van der Waals surface area contributed by atoms with E-state index in [1.54, 1.807) is 19.1 Å². The number of halogens is 1. The summed E-state index contributed by atoms with van der Waals surface area (Å²) >= 11 is 0. The number of benzene rings is 1. The molecule has 1 aromatic carbocycles. The summed E-state index contributed by atoms with van der Waals surface area (Å²) in [6.07, 6.45) is -0.753. The molecule has 1 amide bonds. The number of nitrogens with two attached hydrogens (primary N) is 1. The zero-order valence-electron chi connectivity index (χ0n) is 8.58. The zero-order valence-corrected chi connectivity index (χ0v) is 8.58. The molecule has 0 aliphatic heterocycles. The average molecular weight is 212 g/mol. The van der Waals surface area contributed by atoms with E-state index in [-0.39, 0.29) is 5.82 Å². The molecule has 0 aliphatic rings. The summed E-state index contributed by atoms with van der Waals surface area (Å²) in [4.78, 5) is 11.0. The largest absolute Gasteiger partial charge is 0.481 e. The summed E-state index contributed by atoms with van der Waals surface area (Å²) in [6.45, 7) is 3.18. The lowest BCUT2D eigenvalue weighted by atomic mass is 10.2. The van der Waals surface area contributed by atoms with Gasteiger partial charge in [-0.25, -0.2) is 10.2 Å². The lowest BCUT2D eigenvalue weighted by Gasteiger charge is -2.13. The Balaban J connectivity index is 2.73. The normalized spacial score (nSPS) is 12.0. The van der Waals surface area contributed by atoms with E-state index >= 15 is 0 Å². The monoisotopic (exact) mass is 212 g/mol. The minimum Gasteiger partial charge on any atom is -0.481 e. The van der Waals surface area contributed by atoms with Gasteiger partial charge in [0.05, 0.1) is 0 Å². The van der Waals surface area contributed by atoms with Crippen LogP contribution in [0.4, 0.5) is 4.39 Å². The van der Waals surface area contributed by atoms with Crippen molar-refractivity contribution in [2.75, 3.05) is 0 Å². The van der Waals surface area contributed by atoms with Crippen molar-refractivity contribution in [2.24, 2.45) is 5.84 Å². The predicted molar refractivity (Wildman–Crippen MR) is 53.6 cm³/mol. The highest BCUT2D eigenvalue weighted by Crippen LogP contribution is 2.16. The summed E-state index contributed by atoms with van der Waals surface area (Å²) in [7, 11) is 0. The van der Waals surface area contributed by atoms with Crippen molar-refractivity contribution in [1.29, 1.82) is 0 Å². The number of hydrazine groups is 1. The first-order valence-corrected chi connectivity index (χ1v) is 4.48. The molecule has 0 radical (unpaired) electrons. The van der Waals surface area contributed by atoms with Gasteiger partial charge in [0.1, 0.15) is 11.6 Å². The maximum atomic E-state index is 13.1. The van der Waals surface area contributed by atoms with E-state index in [1.807, 2.05) is 5.43 Å². The second-order valence-corrected chi connectivity index (χ2v) is 3.18. The Kier molecular flexibility index (Phi) is 3.62. The summed E-state index contributed by atoms with van der Waals surface area (Å²) in [5.74, 6) is 4.40. The van der Waals surface area contributed by atoms with Crippen LogP contribution in [0.1, 0.15) is 12.5 Å². The van der Waals surface area contributed by atoms with Gasteiger partial charge < -0.3 is 4.74 Å². The maximum Gasteiger partial charge on any atom is 0.274 e. The Morgan fingerprint density at radius 3 is 2.80 bits per heavy atom. The Morgan fingerprint density at radius 1 is 1.60 bits per heavy atom. The third kappa shape index (κ3) is 2.92. The van der Waals surface area contributed by atoms with Crippen molar-refractivity contribution >= 4 is 5.91 Å². The standard InChI is InChI=1S/C10H13FN2O2/c1-6-3-4-8(5-9(6)11)15-7(2)10(14)13-12/h3-5,7H,12H2,1-2H3,(H,13,14). The molecule has 0 spiro atoms. The number of aryl methyl sites for hydroxylation is 1. The Morgan fingerprint density at radius 2 is 2.27 bits per heavy atom. The van der Waals surface area contributed by atoms with Gasteiger partial charge in [-0.3, -0.25) is 10.2 Å². The Bertz CT molecular complexity index is 368. The van der Waals surface area contributed by atoms with Gasteiger partial charge in [0.25, 0.3) is 5.91 Å². The van der Waals surface area contributed by atoms with E-state index in [4.69, 9.17) is 10.6 Å². The molecule has 5 heteroatoms. The highest BCUT2D eigenvalue weighted by Gasteiger charge is 2.13. The Hall–Kier alpha value is -1.62. The molecule has 0 bridgehead atoms. The number of hydrogen-bond acceptors (Lipinski definition) is 3. The van der Waals surface area contributed by atoms with Crippen LogP contribution in [0.2, 0.25) is 0 Å². The highest BCUT2D eigenvalue weighted by atomic mass is 19.1. The Labute approximate surface area is 87.2 Å². The SMILES string of the molecule is Cc1ccc(OC(C)C(=O)NN)cc1F. The molecule has 0 fully saturated rings. The van der Waals surface area contributed by atoms with Crippen LogP contribution in [0, 0.1) is 12.7 Å². The summed E-state index contributed by atoms with van der Waals surface area (Å²) in [6, 6.07) is 4.41. The minimum atomic E-state index is -0.753. The van der Waals surface area contributed by atoms with Crippen molar-refractivity contribution in [3.63, 3.8) is 0 Å². The van der Waals surface area contributed by atoms with Crippen molar-refractivity contribution in [3.8, 4) is 5.75 Å². The van der Waals surface area contributed by atoms with Gasteiger partial charge in [-0.15, -0.1) is 0 Å². The van der Waals surface area contributed by atoms with Crippen LogP contribution in [0.15, 0.2) is 18.2 Å². The fourth-order valence-corrected chi connectivity index (χ4v) is 1.02. The van der Waals surface area contributed by atoms with Crippen molar-refractivity contribution in [1.82, 2.24) is 5.43 Å². The summed E-state index contributed by atoms with van der Waals surface area (Å²) < 4.78 is 18.3. The van der Waals surface area contributed by atoms with Crippen LogP contribution in [-0.2, 0) is 4.79 Å². The molecular formula is C10H13FN2O2. The first-order chi connectivity index (χ1) is 7.04. The van der Waals surface area contributed by atoms with Gasteiger partial charge in [0.2, 0.25) is 0 Å². The lowest BCUT2D eigenvalue weighted by molar-refractivity contribution is -0.127. The van der Waals surface area contributed by atoms with E-state index in [9.17, 15) is 9.18 Å². The van der Waals surface area contributed by atoms with Gasteiger partial charge in [-0.05, 0) is 25.5 Å². The number of rotatable bonds is 3. The van der Waals surface area contributed by atoms with Crippen LogP contribution >= 0.6 is 0 Å². The van der Waals surface area contributed by atoms with Crippen LogP contribution in [0.3, 0.4) is 0 Å². The molecule has 1 aromatic rings. The van der Waals surface area contributed by atoms with Crippen LogP contribution in [0.25, 0.3) is 0 Å². The number of ether oxygens (including phenoxy) is 1. The first-order valence-electron chi connectivity index (χ1n) is 4.48. The summed E-state index contributed by atoms with van der Waals surface area (Å²) in [5, 5.41) is 0. The molecule has 0 aliphatic carbocycles. The molecule has 82 valence electrons. The second-order valence-electron chi connectivity index (χ2n) is 3.18. The number of carbonyl (C=O) groups is 1. The number of hydrogen-bond donors (Lipinski definition) is 2. The molecule has 1 unspecified atom stereocenters. The topological polar surface area (TPSA) is 64.3 Å². The second kappa shape index (κ2) is 4.75. The van der Waals surface area contributed by atoms with Gasteiger partial charge in [0.15, 0.2) is 6.10 Å². The third-order valence-electron chi connectivity index (χ3n) is 1.97. The number of carbonyl (C=O) groups excluding carboxylic acids is 1. The van der Waals surface area contributed by atoms with E-state index in [0.717, 1.165) is 0 Å². The molecular weight excluding hydrogens is 199 g/mol. The molecule has 3 N–H and O–H groups in total. The van der Waals surface area contributed by atoms with Crippen molar-refractivity contribution < 1.29 is 13.9 Å². The quantitative estimate of drug-likeness (QED) is 0.444. The van der Waals surface area contributed by atoms with E-state index in [0.29, 0.717) is 11.3 Å². The molecule has 1 atom stereocenters. The van der Waals surface area contributed by atoms with E-state index in [2.05, 4.69) is 0 Å². The summed E-state index contributed by atoms with van der Waals surface area (Å²) in [5.41, 5.74) is 2.48. The molecule has 0 heterocycles.